The molecular formula is C19H19F3N2O3. The van der Waals surface area contributed by atoms with Gasteiger partial charge in [0.2, 0.25) is 11.8 Å². The van der Waals surface area contributed by atoms with Gasteiger partial charge in [0.1, 0.15) is 11.9 Å². The molecule has 1 fully saturated rings. The van der Waals surface area contributed by atoms with Crippen LogP contribution >= 0.6 is 0 Å². The number of carbonyl (C=O) groups excluding carboxylic acids is 1. The van der Waals surface area contributed by atoms with Crippen LogP contribution in [0.2, 0.25) is 0 Å². The maximum Gasteiger partial charge on any atom is 0.417 e. The molecule has 0 unspecified atom stereocenters. The molecule has 0 atom stereocenters. The lowest BCUT2D eigenvalue weighted by atomic mass is 9.93. The van der Waals surface area contributed by atoms with Crippen molar-refractivity contribution in [1.82, 2.24) is 10.3 Å². The molecule has 5 nitrogen and oxygen atoms in total. The van der Waals surface area contributed by atoms with Crippen LogP contribution in [0.25, 0.3) is 6.08 Å². The van der Waals surface area contributed by atoms with Gasteiger partial charge in [-0.1, -0.05) is 0 Å². The van der Waals surface area contributed by atoms with Gasteiger partial charge in [0, 0.05) is 24.4 Å². The SMILES string of the molecule is O=C(/C=C/c1ccco1)NC1CCC(Oc2ccc(C(F)(F)F)cn2)CC1. The van der Waals surface area contributed by atoms with Crippen molar-refractivity contribution in [2.24, 2.45) is 0 Å². The largest absolute Gasteiger partial charge is 0.474 e. The Hall–Kier alpha value is -2.77. The molecule has 3 rings (SSSR count). The quantitative estimate of drug-likeness (QED) is 0.789. The zero-order valence-electron chi connectivity index (χ0n) is 14.4. The van der Waals surface area contributed by atoms with Gasteiger partial charge in [0.15, 0.2) is 0 Å². The molecule has 0 spiro atoms. The van der Waals surface area contributed by atoms with Gasteiger partial charge in [-0.3, -0.25) is 4.79 Å². The number of halogens is 3. The summed E-state index contributed by atoms with van der Waals surface area (Å²) < 4.78 is 48.4. The van der Waals surface area contributed by atoms with Crippen LogP contribution in [0.4, 0.5) is 13.2 Å². The maximum absolute atomic E-state index is 12.5. The second-order valence-corrected chi connectivity index (χ2v) is 6.33. The number of rotatable bonds is 5. The summed E-state index contributed by atoms with van der Waals surface area (Å²) in [6.07, 6.45) is 3.63. The highest BCUT2D eigenvalue weighted by Crippen LogP contribution is 2.30. The zero-order chi connectivity index (χ0) is 19.3. The van der Waals surface area contributed by atoms with Gasteiger partial charge in [-0.25, -0.2) is 4.98 Å². The van der Waals surface area contributed by atoms with Crippen molar-refractivity contribution in [2.75, 3.05) is 0 Å². The van der Waals surface area contributed by atoms with E-state index in [1.807, 2.05) is 0 Å². The predicted octanol–water partition coefficient (Wildman–Crippen LogP) is 4.21. The van der Waals surface area contributed by atoms with Gasteiger partial charge >= 0.3 is 6.18 Å². The molecule has 0 bridgehead atoms. The molecule has 1 aliphatic carbocycles. The lowest BCUT2D eigenvalue weighted by Gasteiger charge is -2.29. The Balaban J connectivity index is 1.43. The minimum Gasteiger partial charge on any atom is -0.474 e. The van der Waals surface area contributed by atoms with Crippen LogP contribution in [0.15, 0.2) is 47.2 Å². The molecule has 0 aliphatic heterocycles. The normalized spacial score (nSPS) is 20.6. The summed E-state index contributed by atoms with van der Waals surface area (Å²) in [6, 6.07) is 5.72. The number of alkyl halides is 3. The van der Waals surface area contributed by atoms with Gasteiger partial charge in [-0.15, -0.1) is 0 Å². The first-order chi connectivity index (χ1) is 12.9. The van der Waals surface area contributed by atoms with Crippen LogP contribution in [-0.2, 0) is 11.0 Å². The number of ether oxygens (including phenoxy) is 1. The summed E-state index contributed by atoms with van der Waals surface area (Å²) >= 11 is 0. The van der Waals surface area contributed by atoms with Crippen molar-refractivity contribution in [3.63, 3.8) is 0 Å². The van der Waals surface area contributed by atoms with E-state index in [0.717, 1.165) is 25.1 Å². The number of amides is 1. The predicted molar refractivity (Wildman–Crippen MR) is 91.8 cm³/mol. The molecule has 1 saturated carbocycles. The van der Waals surface area contributed by atoms with E-state index >= 15 is 0 Å². The van der Waals surface area contributed by atoms with Gasteiger partial charge in [-0.2, -0.15) is 13.2 Å². The smallest absolute Gasteiger partial charge is 0.417 e. The minimum absolute atomic E-state index is 0.0409. The number of nitrogens with one attached hydrogen (secondary N) is 1. The van der Waals surface area contributed by atoms with E-state index in [9.17, 15) is 18.0 Å². The molecule has 0 radical (unpaired) electrons. The third kappa shape index (κ3) is 5.60. The number of hydrogen-bond donors (Lipinski definition) is 1. The van der Waals surface area contributed by atoms with Gasteiger partial charge < -0.3 is 14.5 Å². The van der Waals surface area contributed by atoms with Crippen molar-refractivity contribution in [3.05, 3.63) is 54.1 Å². The van der Waals surface area contributed by atoms with Crippen LogP contribution in [-0.4, -0.2) is 23.0 Å². The monoisotopic (exact) mass is 380 g/mol. The highest BCUT2D eigenvalue weighted by atomic mass is 19.4. The Kier molecular flexibility index (Phi) is 5.83. The van der Waals surface area contributed by atoms with Crippen molar-refractivity contribution >= 4 is 12.0 Å². The van der Waals surface area contributed by atoms with Crippen LogP contribution in [0.3, 0.4) is 0 Å². The molecular weight excluding hydrogens is 361 g/mol. The lowest BCUT2D eigenvalue weighted by Crippen LogP contribution is -2.39. The van der Waals surface area contributed by atoms with Crippen molar-refractivity contribution in [1.29, 1.82) is 0 Å². The number of carbonyl (C=O) groups is 1. The molecule has 2 aromatic heterocycles. The van der Waals surface area contributed by atoms with Crippen LogP contribution in [0, 0.1) is 0 Å². The molecule has 27 heavy (non-hydrogen) atoms. The average Bonchev–Trinajstić information content (AvgIpc) is 3.15. The summed E-state index contributed by atoms with van der Waals surface area (Å²) in [5.74, 6) is 0.586. The molecule has 0 aromatic carbocycles. The van der Waals surface area contributed by atoms with Crippen LogP contribution in [0.5, 0.6) is 5.88 Å². The maximum atomic E-state index is 12.5. The first-order valence-electron chi connectivity index (χ1n) is 8.62. The fourth-order valence-corrected chi connectivity index (χ4v) is 2.91. The third-order valence-electron chi connectivity index (χ3n) is 4.31. The van der Waals surface area contributed by atoms with Crippen LogP contribution in [0.1, 0.15) is 37.0 Å². The van der Waals surface area contributed by atoms with E-state index in [1.54, 1.807) is 18.2 Å². The minimum atomic E-state index is -4.41. The van der Waals surface area contributed by atoms with Gasteiger partial charge in [-0.05, 0) is 50.0 Å². The summed E-state index contributed by atoms with van der Waals surface area (Å²) in [5, 5.41) is 2.93. The van der Waals surface area contributed by atoms with E-state index in [1.165, 1.54) is 18.4 Å². The third-order valence-corrected chi connectivity index (χ3v) is 4.31. The van der Waals surface area contributed by atoms with Crippen LogP contribution < -0.4 is 10.1 Å². The van der Waals surface area contributed by atoms with E-state index in [-0.39, 0.29) is 23.9 Å². The Morgan fingerprint density at radius 1 is 1.22 bits per heavy atom. The summed E-state index contributed by atoms with van der Waals surface area (Å²) in [5.41, 5.74) is -0.802. The zero-order valence-corrected chi connectivity index (χ0v) is 14.4. The van der Waals surface area contributed by atoms with E-state index in [2.05, 4.69) is 10.3 Å². The van der Waals surface area contributed by atoms with Gasteiger partial charge in [0.25, 0.3) is 0 Å². The fraction of sp³-hybridized carbons (Fsp3) is 0.368. The van der Waals surface area contributed by atoms with Crippen molar-refractivity contribution in [3.8, 4) is 5.88 Å². The second-order valence-electron chi connectivity index (χ2n) is 6.33. The number of nitrogens with zero attached hydrogens (tertiary/aromatic N) is 1. The number of pyridine rings is 1. The lowest BCUT2D eigenvalue weighted by molar-refractivity contribution is -0.137. The molecule has 0 saturated heterocycles. The number of hydrogen-bond acceptors (Lipinski definition) is 4. The van der Waals surface area contributed by atoms with Crippen molar-refractivity contribution in [2.45, 2.75) is 44.0 Å². The topological polar surface area (TPSA) is 64.4 Å². The first-order valence-corrected chi connectivity index (χ1v) is 8.62. The molecule has 8 heteroatoms. The molecule has 2 aromatic rings. The van der Waals surface area contributed by atoms with E-state index < -0.39 is 11.7 Å². The molecule has 1 amide bonds. The Morgan fingerprint density at radius 2 is 2.00 bits per heavy atom. The van der Waals surface area contributed by atoms with Crippen molar-refractivity contribution < 1.29 is 27.1 Å². The molecule has 2 heterocycles. The standard InChI is InChI=1S/C19H19F3N2O3/c20-19(21,22)13-3-10-18(23-12-13)27-16-6-4-14(5-7-16)24-17(25)9-8-15-2-1-11-26-15/h1-3,8-12,14,16H,4-7H2,(H,24,25)/b9-8+. The summed E-state index contributed by atoms with van der Waals surface area (Å²) in [7, 11) is 0. The van der Waals surface area contributed by atoms with Gasteiger partial charge in [0.05, 0.1) is 11.8 Å². The summed E-state index contributed by atoms with van der Waals surface area (Å²) in [6.45, 7) is 0. The molecule has 144 valence electrons. The first kappa shape index (κ1) is 19.0. The molecule has 1 aliphatic rings. The average molecular weight is 380 g/mol. The second kappa shape index (κ2) is 8.28. The number of aromatic nitrogens is 1. The molecule has 1 N–H and O–H groups in total. The fourth-order valence-electron chi connectivity index (χ4n) is 2.91. The highest BCUT2D eigenvalue weighted by molar-refractivity contribution is 5.91. The Bertz CT molecular complexity index is 762. The highest BCUT2D eigenvalue weighted by Gasteiger charge is 2.31. The number of furan rings is 1. The Labute approximate surface area is 154 Å². The Morgan fingerprint density at radius 3 is 2.59 bits per heavy atom. The van der Waals surface area contributed by atoms with E-state index in [4.69, 9.17) is 9.15 Å². The van der Waals surface area contributed by atoms with E-state index in [0.29, 0.717) is 18.6 Å². The summed E-state index contributed by atoms with van der Waals surface area (Å²) in [4.78, 5) is 15.6.